The number of nitrogens with one attached hydrogen (secondary N) is 1. The van der Waals surface area contributed by atoms with E-state index in [0.717, 1.165) is 3.79 Å². The molecule has 2 unspecified atom stereocenters. The number of aliphatic carboxylic acids is 1. The number of rotatable bonds is 5. The number of thiophene rings is 1. The van der Waals surface area contributed by atoms with Gasteiger partial charge < -0.3 is 15.2 Å². The summed E-state index contributed by atoms with van der Waals surface area (Å²) in [6, 6.07) is 1.17. The van der Waals surface area contributed by atoms with Crippen LogP contribution in [0.15, 0.2) is 9.85 Å². The molecular formula is C11H14BrNO4S. The van der Waals surface area contributed by atoms with Crippen LogP contribution in [0.3, 0.4) is 0 Å². The number of halogens is 1. The van der Waals surface area contributed by atoms with Crippen LogP contribution in [0.1, 0.15) is 23.5 Å². The third-order valence-electron chi connectivity index (χ3n) is 2.60. The number of carboxylic acids is 1. The van der Waals surface area contributed by atoms with Crippen molar-refractivity contribution in [3.05, 3.63) is 14.7 Å². The highest BCUT2D eigenvalue weighted by atomic mass is 79.9. The van der Waals surface area contributed by atoms with Crippen LogP contribution >= 0.6 is 27.3 Å². The molecule has 18 heavy (non-hydrogen) atoms. The Morgan fingerprint density at radius 1 is 1.50 bits per heavy atom. The SMILES string of the molecule is COc1cc(C(=O)NC(C)C(C)C(=O)O)sc1Br. The van der Waals surface area contributed by atoms with Gasteiger partial charge in [0, 0.05) is 12.1 Å². The van der Waals surface area contributed by atoms with Gasteiger partial charge in [0.1, 0.15) is 9.54 Å². The maximum absolute atomic E-state index is 11.9. The lowest BCUT2D eigenvalue weighted by Gasteiger charge is -2.16. The molecule has 2 N–H and O–H groups in total. The van der Waals surface area contributed by atoms with E-state index in [-0.39, 0.29) is 5.91 Å². The molecule has 0 aliphatic rings. The summed E-state index contributed by atoms with van der Waals surface area (Å²) < 4.78 is 5.79. The van der Waals surface area contributed by atoms with Crippen LogP contribution in [0, 0.1) is 5.92 Å². The molecule has 0 aliphatic carbocycles. The first-order chi connectivity index (χ1) is 8.36. The lowest BCUT2D eigenvalue weighted by molar-refractivity contribution is -0.141. The van der Waals surface area contributed by atoms with Gasteiger partial charge in [-0.2, -0.15) is 0 Å². The van der Waals surface area contributed by atoms with Crippen molar-refractivity contribution in [3.8, 4) is 5.75 Å². The predicted octanol–water partition coefficient (Wildman–Crippen LogP) is 2.36. The van der Waals surface area contributed by atoms with Gasteiger partial charge in [-0.3, -0.25) is 9.59 Å². The smallest absolute Gasteiger partial charge is 0.308 e. The summed E-state index contributed by atoms with van der Waals surface area (Å²) in [7, 11) is 1.52. The van der Waals surface area contributed by atoms with E-state index in [1.54, 1.807) is 19.9 Å². The highest BCUT2D eigenvalue weighted by Gasteiger charge is 2.22. The first kappa shape index (κ1) is 15.0. The molecule has 0 aliphatic heterocycles. The summed E-state index contributed by atoms with van der Waals surface area (Å²) in [6.07, 6.45) is 0. The molecule has 0 saturated carbocycles. The summed E-state index contributed by atoms with van der Waals surface area (Å²) in [5.41, 5.74) is 0. The molecule has 0 bridgehead atoms. The summed E-state index contributed by atoms with van der Waals surface area (Å²) in [6.45, 7) is 3.22. The van der Waals surface area contributed by atoms with E-state index in [9.17, 15) is 9.59 Å². The molecule has 0 radical (unpaired) electrons. The fourth-order valence-corrected chi connectivity index (χ4v) is 2.77. The molecule has 7 heteroatoms. The molecule has 2 atom stereocenters. The molecule has 0 aromatic carbocycles. The molecular weight excluding hydrogens is 322 g/mol. The first-order valence-electron chi connectivity index (χ1n) is 5.23. The summed E-state index contributed by atoms with van der Waals surface area (Å²) in [5.74, 6) is -1.29. The van der Waals surface area contributed by atoms with Crippen LogP contribution in [0.5, 0.6) is 5.75 Å². The molecule has 1 aromatic heterocycles. The minimum Gasteiger partial charge on any atom is -0.495 e. The minimum atomic E-state index is -0.937. The highest BCUT2D eigenvalue weighted by Crippen LogP contribution is 2.34. The quantitative estimate of drug-likeness (QED) is 0.866. The second kappa shape index (κ2) is 6.19. The van der Waals surface area contributed by atoms with E-state index in [4.69, 9.17) is 9.84 Å². The summed E-state index contributed by atoms with van der Waals surface area (Å²) in [5, 5.41) is 11.5. The van der Waals surface area contributed by atoms with E-state index in [1.807, 2.05) is 0 Å². The van der Waals surface area contributed by atoms with E-state index in [0.29, 0.717) is 10.6 Å². The number of methoxy groups -OCH3 is 1. The number of hydrogen-bond acceptors (Lipinski definition) is 4. The van der Waals surface area contributed by atoms with Gasteiger partial charge in [-0.25, -0.2) is 0 Å². The average Bonchev–Trinajstić information content (AvgIpc) is 2.69. The molecule has 0 saturated heterocycles. The van der Waals surface area contributed by atoms with Gasteiger partial charge in [0.2, 0.25) is 0 Å². The lowest BCUT2D eigenvalue weighted by atomic mass is 10.0. The Balaban J connectivity index is 2.73. The fourth-order valence-electron chi connectivity index (χ4n) is 1.22. The second-order valence-electron chi connectivity index (χ2n) is 3.84. The monoisotopic (exact) mass is 335 g/mol. The van der Waals surface area contributed by atoms with Crippen molar-refractivity contribution in [2.45, 2.75) is 19.9 Å². The number of carbonyl (C=O) groups is 2. The zero-order chi connectivity index (χ0) is 13.9. The molecule has 1 heterocycles. The molecule has 0 fully saturated rings. The first-order valence-corrected chi connectivity index (χ1v) is 6.84. The number of carboxylic acid groups (broad SMARTS) is 1. The largest absolute Gasteiger partial charge is 0.495 e. The van der Waals surface area contributed by atoms with Gasteiger partial charge in [0.15, 0.2) is 0 Å². The topological polar surface area (TPSA) is 75.6 Å². The standard InChI is InChI=1S/C11H14BrNO4S/c1-5(11(15)16)6(2)13-10(14)8-4-7(17-3)9(12)18-8/h4-6H,1-3H3,(H,13,14)(H,15,16). The Morgan fingerprint density at radius 3 is 2.56 bits per heavy atom. The molecule has 0 spiro atoms. The minimum absolute atomic E-state index is 0.301. The van der Waals surface area contributed by atoms with Crippen LogP contribution in [-0.4, -0.2) is 30.1 Å². The maximum atomic E-state index is 11.9. The summed E-state index contributed by atoms with van der Waals surface area (Å²) in [4.78, 5) is 23.2. The number of amides is 1. The van der Waals surface area contributed by atoms with E-state index >= 15 is 0 Å². The van der Waals surface area contributed by atoms with E-state index < -0.39 is 17.9 Å². The third-order valence-corrected chi connectivity index (χ3v) is 4.38. The van der Waals surface area contributed by atoms with E-state index in [1.165, 1.54) is 18.4 Å². The molecule has 1 amide bonds. The van der Waals surface area contributed by atoms with Crippen LogP contribution in [0.4, 0.5) is 0 Å². The van der Waals surface area contributed by atoms with Gasteiger partial charge in [0.25, 0.3) is 5.91 Å². The maximum Gasteiger partial charge on any atom is 0.308 e. The van der Waals surface area contributed by atoms with Gasteiger partial charge in [-0.15, -0.1) is 11.3 Å². The average molecular weight is 336 g/mol. The van der Waals surface area contributed by atoms with Gasteiger partial charge >= 0.3 is 5.97 Å². The van der Waals surface area contributed by atoms with Crippen molar-refractivity contribution >= 4 is 39.1 Å². The lowest BCUT2D eigenvalue weighted by Crippen LogP contribution is -2.39. The van der Waals surface area contributed by atoms with Gasteiger partial charge in [-0.1, -0.05) is 0 Å². The number of carbonyl (C=O) groups excluding carboxylic acids is 1. The molecule has 1 rings (SSSR count). The van der Waals surface area contributed by atoms with Crippen molar-refractivity contribution in [2.75, 3.05) is 7.11 Å². The van der Waals surface area contributed by atoms with Crippen molar-refractivity contribution < 1.29 is 19.4 Å². The zero-order valence-corrected chi connectivity index (χ0v) is 12.6. The Hall–Kier alpha value is -1.08. The second-order valence-corrected chi connectivity index (χ2v) is 6.21. The van der Waals surface area contributed by atoms with Crippen molar-refractivity contribution in [1.82, 2.24) is 5.32 Å². The van der Waals surface area contributed by atoms with Crippen LogP contribution in [0.25, 0.3) is 0 Å². The molecule has 5 nitrogen and oxygen atoms in total. The summed E-state index contributed by atoms with van der Waals surface area (Å²) >= 11 is 4.52. The highest BCUT2D eigenvalue weighted by molar-refractivity contribution is 9.11. The van der Waals surface area contributed by atoms with Crippen molar-refractivity contribution in [3.63, 3.8) is 0 Å². The van der Waals surface area contributed by atoms with Gasteiger partial charge in [0.05, 0.1) is 17.9 Å². The van der Waals surface area contributed by atoms with Crippen molar-refractivity contribution in [1.29, 1.82) is 0 Å². The third kappa shape index (κ3) is 3.46. The van der Waals surface area contributed by atoms with Crippen LogP contribution in [0.2, 0.25) is 0 Å². The normalized spacial score (nSPS) is 13.8. The fraction of sp³-hybridized carbons (Fsp3) is 0.455. The Morgan fingerprint density at radius 2 is 2.11 bits per heavy atom. The Labute approximate surface area is 117 Å². The van der Waals surface area contributed by atoms with Crippen LogP contribution in [-0.2, 0) is 4.79 Å². The number of ether oxygens (including phenoxy) is 1. The molecule has 100 valence electrons. The molecule has 1 aromatic rings. The predicted molar refractivity (Wildman–Crippen MR) is 72.3 cm³/mol. The van der Waals surface area contributed by atoms with Gasteiger partial charge in [-0.05, 0) is 29.8 Å². The Kier molecular flexibility index (Phi) is 5.15. The van der Waals surface area contributed by atoms with Crippen LogP contribution < -0.4 is 10.1 Å². The Bertz CT molecular complexity index is 460. The van der Waals surface area contributed by atoms with Crippen molar-refractivity contribution in [2.24, 2.45) is 5.92 Å². The zero-order valence-electron chi connectivity index (χ0n) is 10.2. The number of hydrogen-bond donors (Lipinski definition) is 2. The van der Waals surface area contributed by atoms with E-state index in [2.05, 4.69) is 21.2 Å².